The minimum atomic E-state index is -0.987. The molecule has 10 heteroatoms. The highest BCUT2D eigenvalue weighted by Gasteiger charge is 2.22. The van der Waals surface area contributed by atoms with E-state index in [1.54, 1.807) is 36.4 Å². The first-order valence-corrected chi connectivity index (χ1v) is 8.12. The maximum absolute atomic E-state index is 12.4. The molecule has 1 heterocycles. The Morgan fingerprint density at radius 1 is 0.926 bits per heavy atom. The van der Waals surface area contributed by atoms with Crippen molar-refractivity contribution in [3.8, 4) is 0 Å². The van der Waals surface area contributed by atoms with Crippen molar-refractivity contribution in [2.75, 3.05) is 25.0 Å². The minimum absolute atomic E-state index is 0.123. The fourth-order valence-electron chi connectivity index (χ4n) is 2.12. The molecule has 1 radical (unpaired) electrons. The number of rotatable bonds is 8. The van der Waals surface area contributed by atoms with E-state index in [0.717, 1.165) is 0 Å². The number of amides is 4. The quantitative estimate of drug-likeness (QED) is 0.483. The van der Waals surface area contributed by atoms with Gasteiger partial charge in [0.15, 0.2) is 6.61 Å². The number of carbonyl (C=O) groups excluding carboxylic acids is 3. The maximum atomic E-state index is 12.4. The van der Waals surface area contributed by atoms with Crippen LogP contribution >= 0.6 is 0 Å². The van der Waals surface area contributed by atoms with Crippen LogP contribution in [0.1, 0.15) is 11.6 Å². The van der Waals surface area contributed by atoms with Crippen molar-refractivity contribution < 1.29 is 19.5 Å². The maximum Gasteiger partial charge on any atom is 0.321 e. The molecule has 4 N–H and O–H groups in total. The first kappa shape index (κ1) is 19.8. The second-order valence-corrected chi connectivity index (χ2v) is 5.30. The molecule has 2 rings (SSSR count). The van der Waals surface area contributed by atoms with E-state index in [4.69, 9.17) is 0 Å². The van der Waals surface area contributed by atoms with Crippen LogP contribution in [0, 0.1) is 0 Å². The predicted octanol–water partition coefficient (Wildman–Crippen LogP) is 0.00230. The van der Waals surface area contributed by atoms with Crippen LogP contribution in [0.5, 0.6) is 0 Å². The Morgan fingerprint density at radius 2 is 1.59 bits per heavy atom. The summed E-state index contributed by atoms with van der Waals surface area (Å²) in [7, 11) is 0. The third-order valence-electron chi connectivity index (χ3n) is 3.33. The van der Waals surface area contributed by atoms with Crippen LogP contribution in [0.2, 0.25) is 0 Å². The fraction of sp³-hybridized carbons (Fsp3) is 0.235. The Kier molecular flexibility index (Phi) is 7.67. The number of hydrogen-bond donors (Lipinski definition) is 4. The topological polar surface area (TPSA) is 145 Å². The van der Waals surface area contributed by atoms with Gasteiger partial charge >= 0.3 is 6.03 Å². The van der Waals surface area contributed by atoms with Crippen molar-refractivity contribution in [2.24, 2.45) is 0 Å². The van der Waals surface area contributed by atoms with Gasteiger partial charge in [-0.05, 0) is 11.6 Å². The first-order chi connectivity index (χ1) is 13.1. The van der Waals surface area contributed by atoms with Gasteiger partial charge in [-0.1, -0.05) is 30.3 Å². The Balaban J connectivity index is 1.81. The second-order valence-electron chi connectivity index (χ2n) is 5.30. The van der Waals surface area contributed by atoms with Crippen LogP contribution in [0.25, 0.3) is 0 Å². The van der Waals surface area contributed by atoms with Gasteiger partial charge in [-0.3, -0.25) is 14.9 Å². The fourth-order valence-corrected chi connectivity index (χ4v) is 2.12. The zero-order valence-corrected chi connectivity index (χ0v) is 14.3. The Hall–Kier alpha value is -3.53. The normalized spacial score (nSPS) is 11.1. The highest BCUT2D eigenvalue weighted by atomic mass is 16.3. The zero-order chi connectivity index (χ0) is 19.5. The summed E-state index contributed by atoms with van der Waals surface area (Å²) < 4.78 is 0. The lowest BCUT2D eigenvalue weighted by atomic mass is 10.1. The van der Waals surface area contributed by atoms with Crippen LogP contribution in [-0.2, 0) is 14.7 Å². The molecule has 0 bridgehead atoms. The van der Waals surface area contributed by atoms with Crippen molar-refractivity contribution in [3.63, 3.8) is 0 Å². The molecule has 2 aromatic rings. The van der Waals surface area contributed by atoms with E-state index in [0.29, 0.717) is 5.56 Å². The van der Waals surface area contributed by atoms with E-state index in [1.807, 2.05) is 0 Å². The third-order valence-corrected chi connectivity index (χ3v) is 3.33. The number of hydrogen-bond acceptors (Lipinski definition) is 5. The number of anilines is 1. The lowest BCUT2D eigenvalue weighted by Gasteiger charge is -2.18. The van der Waals surface area contributed by atoms with Crippen molar-refractivity contribution in [3.05, 3.63) is 54.4 Å². The third kappa shape index (κ3) is 6.71. The van der Waals surface area contributed by atoms with Gasteiger partial charge < -0.3 is 16.0 Å². The van der Waals surface area contributed by atoms with Gasteiger partial charge in [0.05, 0.1) is 0 Å². The molecule has 0 aliphatic carbocycles. The summed E-state index contributed by atoms with van der Waals surface area (Å²) in [6.45, 7) is -0.709. The first-order valence-electron chi connectivity index (χ1n) is 8.12. The number of urea groups is 1. The molecule has 4 amide bonds. The van der Waals surface area contributed by atoms with Gasteiger partial charge in [0.1, 0.15) is 6.04 Å². The average Bonchev–Trinajstić information content (AvgIpc) is 2.70. The smallest absolute Gasteiger partial charge is 0.321 e. The molecule has 0 aliphatic rings. The molecule has 1 aromatic heterocycles. The molecular weight excluding hydrogens is 352 g/mol. The summed E-state index contributed by atoms with van der Waals surface area (Å²) in [5, 5.41) is 20.7. The Bertz CT molecular complexity index is 757. The largest absolute Gasteiger partial charge is 0.352 e. The number of nitrogens with zero attached hydrogens (tertiary/aromatic N) is 2. The predicted molar refractivity (Wildman–Crippen MR) is 94.9 cm³/mol. The molecule has 0 fully saturated rings. The highest BCUT2D eigenvalue weighted by Crippen LogP contribution is 2.12. The summed E-state index contributed by atoms with van der Waals surface area (Å²) in [4.78, 5) is 43.2. The Morgan fingerprint density at radius 3 is 2.26 bits per heavy atom. The van der Waals surface area contributed by atoms with Gasteiger partial charge in [0.25, 0.3) is 0 Å². The summed E-state index contributed by atoms with van der Waals surface area (Å²) in [5.74, 6) is -1.11. The number of benzene rings is 1. The van der Waals surface area contributed by atoms with Gasteiger partial charge in [-0.25, -0.2) is 19.9 Å². The van der Waals surface area contributed by atoms with Crippen LogP contribution in [0.4, 0.5) is 10.7 Å². The summed E-state index contributed by atoms with van der Waals surface area (Å²) >= 11 is 0. The molecule has 141 valence electrons. The lowest BCUT2D eigenvalue weighted by Crippen LogP contribution is -2.44. The van der Waals surface area contributed by atoms with E-state index in [1.165, 1.54) is 12.4 Å². The highest BCUT2D eigenvalue weighted by molar-refractivity contribution is 5.89. The number of carbonyl (C=O) groups is 3. The van der Waals surface area contributed by atoms with Crippen molar-refractivity contribution >= 4 is 23.8 Å². The van der Waals surface area contributed by atoms with Crippen molar-refractivity contribution in [2.45, 2.75) is 6.04 Å². The summed E-state index contributed by atoms with van der Waals surface area (Å²) in [6, 6.07) is 8.66. The van der Waals surface area contributed by atoms with Crippen LogP contribution in [0.15, 0.2) is 48.8 Å². The number of nitrogens with one attached hydrogen (secondary N) is 4. The van der Waals surface area contributed by atoms with Crippen LogP contribution < -0.4 is 21.3 Å². The second kappa shape index (κ2) is 10.5. The molecule has 0 saturated heterocycles. The van der Waals surface area contributed by atoms with Crippen molar-refractivity contribution in [1.29, 1.82) is 0 Å². The van der Waals surface area contributed by atoms with Gasteiger partial charge in [0, 0.05) is 25.5 Å². The monoisotopic (exact) mass is 371 g/mol. The molecule has 1 atom stereocenters. The van der Waals surface area contributed by atoms with E-state index in [-0.39, 0.29) is 19.0 Å². The Labute approximate surface area is 155 Å². The van der Waals surface area contributed by atoms with E-state index < -0.39 is 30.5 Å². The lowest BCUT2D eigenvalue weighted by molar-refractivity contribution is -0.131. The molecule has 0 aliphatic heterocycles. The van der Waals surface area contributed by atoms with E-state index in [9.17, 15) is 19.5 Å². The zero-order valence-electron chi connectivity index (χ0n) is 14.3. The molecular formula is C17H19N6O4. The molecule has 27 heavy (non-hydrogen) atoms. The minimum Gasteiger partial charge on any atom is -0.352 e. The molecule has 10 nitrogen and oxygen atoms in total. The van der Waals surface area contributed by atoms with Gasteiger partial charge in [-0.15, -0.1) is 0 Å². The molecule has 0 spiro atoms. The van der Waals surface area contributed by atoms with E-state index >= 15 is 0 Å². The van der Waals surface area contributed by atoms with Gasteiger partial charge in [0.2, 0.25) is 17.8 Å². The molecule has 1 aromatic carbocycles. The van der Waals surface area contributed by atoms with Crippen LogP contribution in [0.3, 0.4) is 0 Å². The average molecular weight is 371 g/mol. The molecule has 0 unspecified atom stereocenters. The molecule has 0 saturated carbocycles. The van der Waals surface area contributed by atoms with Gasteiger partial charge in [-0.2, -0.15) is 0 Å². The number of aromatic nitrogens is 2. The summed E-state index contributed by atoms with van der Waals surface area (Å²) in [5.41, 5.74) is 0.545. The van der Waals surface area contributed by atoms with Crippen molar-refractivity contribution in [1.82, 2.24) is 25.9 Å². The van der Waals surface area contributed by atoms with Crippen LogP contribution in [-0.4, -0.2) is 47.5 Å². The SMILES string of the molecule is [O]CC(=O)N[C@@H](C(=O)NCCNC(=O)Nc1ncccn1)c1ccccc1. The standard InChI is InChI=1S/C17H19N6O4/c24-11-13(25)22-14(12-5-2-1-3-6-12)15(26)18-9-10-21-17(27)23-16-19-7-4-8-20-16/h1-8,14H,9-11H2,(H,18,26)(H,22,25)(H2,19,20,21,23,27)/t14-/m1/s1. The summed E-state index contributed by atoms with van der Waals surface area (Å²) in [6.07, 6.45) is 2.98. The van der Waals surface area contributed by atoms with E-state index in [2.05, 4.69) is 31.2 Å².